The summed E-state index contributed by atoms with van der Waals surface area (Å²) in [5.74, 6) is 0.888. The minimum Gasteiger partial charge on any atom is -0.445 e. The molecule has 0 aliphatic heterocycles. The number of aryl methyl sites for hydroxylation is 1. The third kappa shape index (κ3) is 4.08. The molecule has 0 saturated heterocycles. The van der Waals surface area contributed by atoms with Crippen LogP contribution in [-0.4, -0.2) is 13.4 Å². The van der Waals surface area contributed by atoms with E-state index in [1.54, 1.807) is 37.4 Å². The van der Waals surface area contributed by atoms with Crippen molar-refractivity contribution >= 4 is 15.7 Å². The molecule has 0 aliphatic carbocycles. The Hall–Kier alpha value is -1.86. The number of sulfonamides is 1. The van der Waals surface area contributed by atoms with Gasteiger partial charge in [-0.2, -0.15) is 0 Å². The van der Waals surface area contributed by atoms with Crippen molar-refractivity contribution in [2.75, 3.05) is 5.73 Å². The van der Waals surface area contributed by atoms with Crippen LogP contribution in [0.4, 0.5) is 5.69 Å². The van der Waals surface area contributed by atoms with Crippen molar-refractivity contribution < 1.29 is 12.8 Å². The second kappa shape index (κ2) is 5.41. The number of benzene rings is 1. The molecule has 0 unspecified atom stereocenters. The molecule has 1 heterocycles. The van der Waals surface area contributed by atoms with Crippen molar-refractivity contribution in [1.29, 1.82) is 0 Å². The van der Waals surface area contributed by atoms with E-state index in [1.807, 2.05) is 0 Å². The first-order valence-electron chi connectivity index (χ1n) is 5.68. The predicted molar refractivity (Wildman–Crippen MR) is 71.6 cm³/mol. The van der Waals surface area contributed by atoms with Gasteiger partial charge >= 0.3 is 0 Å². The normalized spacial score (nSPS) is 11.6. The van der Waals surface area contributed by atoms with Gasteiger partial charge < -0.3 is 10.2 Å². The lowest BCUT2D eigenvalue weighted by Gasteiger charge is -2.05. The number of rotatable bonds is 5. The zero-order valence-electron chi connectivity index (χ0n) is 10.5. The van der Waals surface area contributed by atoms with Gasteiger partial charge in [0.05, 0.1) is 18.5 Å². The van der Waals surface area contributed by atoms with Crippen molar-refractivity contribution in [3.8, 4) is 0 Å². The van der Waals surface area contributed by atoms with Gasteiger partial charge in [-0.3, -0.25) is 0 Å². The van der Waals surface area contributed by atoms with Gasteiger partial charge in [-0.05, 0) is 24.6 Å². The molecule has 7 heteroatoms. The Balaban J connectivity index is 1.97. The average Bonchev–Trinajstić information content (AvgIpc) is 2.76. The highest BCUT2D eigenvalue weighted by atomic mass is 32.2. The molecule has 0 saturated carbocycles. The van der Waals surface area contributed by atoms with Crippen LogP contribution >= 0.6 is 0 Å². The summed E-state index contributed by atoms with van der Waals surface area (Å²) >= 11 is 0. The van der Waals surface area contributed by atoms with E-state index in [0.29, 0.717) is 22.9 Å². The molecular formula is C12H15N3O3S. The van der Waals surface area contributed by atoms with Crippen molar-refractivity contribution in [1.82, 2.24) is 9.71 Å². The molecule has 2 aromatic rings. The van der Waals surface area contributed by atoms with Crippen LogP contribution in [0.2, 0.25) is 0 Å². The Morgan fingerprint density at radius 1 is 1.32 bits per heavy atom. The summed E-state index contributed by atoms with van der Waals surface area (Å²) in [4.78, 5) is 3.93. The molecule has 3 N–H and O–H groups in total. The Kier molecular flexibility index (Phi) is 3.87. The van der Waals surface area contributed by atoms with Crippen LogP contribution in [0.3, 0.4) is 0 Å². The van der Waals surface area contributed by atoms with Crippen LogP contribution in [0.15, 0.2) is 34.9 Å². The maximum atomic E-state index is 11.9. The van der Waals surface area contributed by atoms with E-state index >= 15 is 0 Å². The molecule has 19 heavy (non-hydrogen) atoms. The molecule has 0 bridgehead atoms. The van der Waals surface area contributed by atoms with E-state index in [1.165, 1.54) is 0 Å². The van der Waals surface area contributed by atoms with E-state index in [0.717, 1.165) is 0 Å². The number of nitrogens with two attached hydrogens (primary N) is 1. The van der Waals surface area contributed by atoms with Gasteiger partial charge in [0.1, 0.15) is 5.76 Å². The van der Waals surface area contributed by atoms with Crippen LogP contribution in [0, 0.1) is 6.92 Å². The highest BCUT2D eigenvalue weighted by Crippen LogP contribution is 2.09. The first-order chi connectivity index (χ1) is 8.94. The summed E-state index contributed by atoms with van der Waals surface area (Å²) < 4.78 is 31.3. The third-order valence-electron chi connectivity index (χ3n) is 2.45. The van der Waals surface area contributed by atoms with Crippen LogP contribution in [0.25, 0.3) is 0 Å². The Morgan fingerprint density at radius 3 is 2.58 bits per heavy atom. The number of nitrogens with one attached hydrogen (secondary N) is 1. The lowest BCUT2D eigenvalue weighted by Crippen LogP contribution is -2.24. The largest absolute Gasteiger partial charge is 0.445 e. The van der Waals surface area contributed by atoms with Gasteiger partial charge in [0.25, 0.3) is 0 Å². The molecule has 1 aromatic heterocycles. The van der Waals surface area contributed by atoms with Crippen LogP contribution in [0.5, 0.6) is 0 Å². The summed E-state index contributed by atoms with van der Waals surface area (Å²) in [6, 6.07) is 6.71. The fourth-order valence-corrected chi connectivity index (χ4v) is 2.62. The van der Waals surface area contributed by atoms with Crippen molar-refractivity contribution in [2.24, 2.45) is 0 Å². The van der Waals surface area contributed by atoms with Gasteiger partial charge in [-0.25, -0.2) is 18.1 Å². The van der Waals surface area contributed by atoms with Gasteiger partial charge in [-0.1, -0.05) is 12.1 Å². The van der Waals surface area contributed by atoms with Crippen LogP contribution in [-0.2, 0) is 22.3 Å². The lowest BCUT2D eigenvalue weighted by atomic mass is 10.2. The van der Waals surface area contributed by atoms with Gasteiger partial charge in [0, 0.05) is 5.69 Å². The topological polar surface area (TPSA) is 98.2 Å². The van der Waals surface area contributed by atoms with Crippen molar-refractivity contribution in [3.05, 3.63) is 47.7 Å². The standard InChI is InChI=1S/C12H15N3O3S/c1-9-6-14-12(18-9)7-15-19(16,17)8-10-2-4-11(13)5-3-10/h2-6,15H,7-8,13H2,1H3. The van der Waals surface area contributed by atoms with E-state index in [-0.39, 0.29) is 12.3 Å². The smallest absolute Gasteiger partial charge is 0.216 e. The summed E-state index contributed by atoms with van der Waals surface area (Å²) in [6.07, 6.45) is 1.55. The number of oxazole rings is 1. The molecule has 102 valence electrons. The fourth-order valence-electron chi connectivity index (χ4n) is 1.54. The Labute approximate surface area is 111 Å². The number of hydrogen-bond acceptors (Lipinski definition) is 5. The highest BCUT2D eigenvalue weighted by Gasteiger charge is 2.12. The molecule has 2 rings (SSSR count). The second-order valence-corrected chi connectivity index (χ2v) is 5.99. The average molecular weight is 281 g/mol. The van der Waals surface area contributed by atoms with Crippen LogP contribution < -0.4 is 10.5 Å². The number of hydrogen-bond donors (Lipinski definition) is 2. The Morgan fingerprint density at radius 2 is 2.00 bits per heavy atom. The summed E-state index contributed by atoms with van der Waals surface area (Å²) in [6.45, 7) is 1.80. The molecule has 6 nitrogen and oxygen atoms in total. The quantitative estimate of drug-likeness (QED) is 0.802. The van der Waals surface area contributed by atoms with E-state index in [4.69, 9.17) is 10.2 Å². The van der Waals surface area contributed by atoms with Crippen molar-refractivity contribution in [3.63, 3.8) is 0 Å². The molecule has 0 atom stereocenters. The maximum Gasteiger partial charge on any atom is 0.216 e. The Bertz CT molecular complexity index is 647. The van der Waals surface area contributed by atoms with Gasteiger partial charge in [-0.15, -0.1) is 0 Å². The molecule has 0 fully saturated rings. The molecule has 0 aliphatic rings. The molecular weight excluding hydrogens is 266 g/mol. The minimum absolute atomic E-state index is 0.0468. The minimum atomic E-state index is -3.43. The van der Waals surface area contributed by atoms with Gasteiger partial charge in [0.2, 0.25) is 15.9 Å². The monoisotopic (exact) mass is 281 g/mol. The SMILES string of the molecule is Cc1cnc(CNS(=O)(=O)Cc2ccc(N)cc2)o1. The number of nitrogen functional groups attached to an aromatic ring is 1. The van der Waals surface area contributed by atoms with E-state index in [9.17, 15) is 8.42 Å². The van der Waals surface area contributed by atoms with E-state index < -0.39 is 10.0 Å². The maximum absolute atomic E-state index is 11.9. The first kappa shape index (κ1) is 13.6. The highest BCUT2D eigenvalue weighted by molar-refractivity contribution is 7.88. The predicted octanol–water partition coefficient (Wildman–Crippen LogP) is 1.18. The first-order valence-corrected chi connectivity index (χ1v) is 7.33. The van der Waals surface area contributed by atoms with Crippen molar-refractivity contribution in [2.45, 2.75) is 19.2 Å². The summed E-state index contributed by atoms with van der Waals surface area (Å²) in [7, 11) is -3.43. The molecule has 0 amide bonds. The number of anilines is 1. The fraction of sp³-hybridized carbons (Fsp3) is 0.250. The molecule has 0 radical (unpaired) electrons. The van der Waals surface area contributed by atoms with Crippen LogP contribution in [0.1, 0.15) is 17.2 Å². The summed E-state index contributed by atoms with van der Waals surface area (Å²) in [5, 5.41) is 0. The molecule has 0 spiro atoms. The zero-order chi connectivity index (χ0) is 13.9. The lowest BCUT2D eigenvalue weighted by molar-refractivity contribution is 0.463. The molecule has 1 aromatic carbocycles. The second-order valence-electron chi connectivity index (χ2n) is 4.19. The number of nitrogens with zero attached hydrogens (tertiary/aromatic N) is 1. The summed E-state index contributed by atoms with van der Waals surface area (Å²) in [5.41, 5.74) is 6.81. The zero-order valence-corrected chi connectivity index (χ0v) is 11.3. The third-order valence-corrected chi connectivity index (χ3v) is 3.75. The van der Waals surface area contributed by atoms with Gasteiger partial charge in [0.15, 0.2) is 0 Å². The van der Waals surface area contributed by atoms with E-state index in [2.05, 4.69) is 9.71 Å². The number of aromatic nitrogens is 1.